The average molecular weight is 71.9 g/mol. The molecule has 0 amide bonds. The Morgan fingerprint density at radius 3 is 2.20 bits per heavy atom. The summed E-state index contributed by atoms with van der Waals surface area (Å²) < 4.78 is 0. The molecule has 0 aromatic rings. The average Bonchev–Trinajstić information content (AvgIpc) is 1.38. The third kappa shape index (κ3) is 4.02. The summed E-state index contributed by atoms with van der Waals surface area (Å²) in [7, 11) is 1.78. The van der Waals surface area contributed by atoms with Crippen LogP contribution >= 0.6 is 0 Å². The molecule has 2 heteroatoms. The van der Waals surface area contributed by atoms with Gasteiger partial charge in [0.15, 0.2) is 0 Å². The fourth-order valence-corrected chi connectivity index (χ4v) is 0. The molecule has 0 aliphatic rings. The third-order valence-electron chi connectivity index (χ3n) is 0.591. The molecular formula is C3H9BO. The zero-order valence-electron chi connectivity index (χ0n) is 3.73. The van der Waals surface area contributed by atoms with Gasteiger partial charge in [-0.2, -0.15) is 0 Å². The Morgan fingerprint density at radius 2 is 2.20 bits per heavy atom. The van der Waals surface area contributed by atoms with Crippen molar-refractivity contribution in [3.63, 3.8) is 0 Å². The van der Waals surface area contributed by atoms with E-state index in [2.05, 4.69) is 0 Å². The summed E-state index contributed by atoms with van der Waals surface area (Å²) in [5.74, 6) is 0. The summed E-state index contributed by atoms with van der Waals surface area (Å²) in [5, 5.41) is 8.36. The van der Waals surface area contributed by atoms with Crippen molar-refractivity contribution in [1.29, 1.82) is 0 Å². The highest BCUT2D eigenvalue weighted by Crippen LogP contribution is 1.76. The molecule has 1 N–H and O–H groups in total. The maximum absolute atomic E-state index is 8.36. The van der Waals surface area contributed by atoms with Gasteiger partial charge in [0.05, 0.1) is 0 Å². The molecule has 0 spiro atoms. The summed E-state index contributed by atoms with van der Waals surface area (Å²) in [6.45, 7) is 1.95. The van der Waals surface area contributed by atoms with E-state index in [1.165, 1.54) is 0 Å². The maximum Gasteiger partial charge on any atom is 0.138 e. The van der Waals surface area contributed by atoms with E-state index in [0.717, 1.165) is 6.42 Å². The van der Waals surface area contributed by atoms with Crippen molar-refractivity contribution in [1.82, 2.24) is 0 Å². The van der Waals surface area contributed by atoms with Crippen LogP contribution in [0.5, 0.6) is 0 Å². The second kappa shape index (κ2) is 2.27. The zero-order chi connectivity index (χ0) is 4.28. The summed E-state index contributed by atoms with van der Waals surface area (Å²) in [6, 6.07) is -0.116. The van der Waals surface area contributed by atoms with Gasteiger partial charge in [-0.1, -0.05) is 6.92 Å². The molecule has 5 heavy (non-hydrogen) atoms. The zero-order valence-corrected chi connectivity index (χ0v) is 3.73. The van der Waals surface area contributed by atoms with Gasteiger partial charge in [-0.15, -0.1) is 0 Å². The number of aliphatic hydroxyl groups excluding tert-OH is 1. The first-order valence-corrected chi connectivity index (χ1v) is 1.95. The molecule has 0 rings (SSSR count). The van der Waals surface area contributed by atoms with Crippen molar-refractivity contribution < 1.29 is 5.11 Å². The first-order valence-electron chi connectivity index (χ1n) is 1.95. The minimum absolute atomic E-state index is 0.116. The largest absolute Gasteiger partial charge is 0.402 e. The highest BCUT2D eigenvalue weighted by atomic mass is 16.3. The molecule has 1 nitrogen and oxygen atoms in total. The molecule has 30 valence electrons. The van der Waals surface area contributed by atoms with Gasteiger partial charge in [-0.3, -0.25) is 0 Å². The molecule has 0 aliphatic heterocycles. The second-order valence-electron chi connectivity index (χ2n) is 1.26. The molecular weight excluding hydrogens is 62.8 g/mol. The fraction of sp³-hybridized carbons (Fsp3) is 1.00. The molecule has 0 saturated carbocycles. The van der Waals surface area contributed by atoms with E-state index in [1.54, 1.807) is 7.85 Å². The highest BCUT2D eigenvalue weighted by molar-refractivity contribution is 6.10. The third-order valence-corrected chi connectivity index (χ3v) is 0.591. The van der Waals surface area contributed by atoms with E-state index in [-0.39, 0.29) is 6.00 Å². The molecule has 0 aliphatic carbocycles. The number of rotatable bonds is 1. The van der Waals surface area contributed by atoms with E-state index in [1.807, 2.05) is 6.92 Å². The van der Waals surface area contributed by atoms with Gasteiger partial charge in [-0.25, -0.2) is 0 Å². The van der Waals surface area contributed by atoms with E-state index in [4.69, 9.17) is 5.11 Å². The van der Waals surface area contributed by atoms with Crippen LogP contribution in [0.3, 0.4) is 0 Å². The van der Waals surface area contributed by atoms with E-state index >= 15 is 0 Å². The minimum Gasteiger partial charge on any atom is -0.402 e. The number of aliphatic hydroxyl groups is 1. The molecule has 0 heterocycles. The van der Waals surface area contributed by atoms with Crippen LogP contribution in [0.4, 0.5) is 0 Å². The fourth-order valence-electron chi connectivity index (χ4n) is 0. The van der Waals surface area contributed by atoms with E-state index in [9.17, 15) is 0 Å². The van der Waals surface area contributed by atoms with Crippen LogP contribution in [0.1, 0.15) is 13.3 Å². The lowest BCUT2D eigenvalue weighted by atomic mass is 9.98. The SMILES string of the molecule is BC(O)CC. The predicted octanol–water partition coefficient (Wildman–Crippen LogP) is -0.652. The molecule has 0 bridgehead atoms. The van der Waals surface area contributed by atoms with Crippen LogP contribution in [0.15, 0.2) is 0 Å². The van der Waals surface area contributed by atoms with Crippen LogP contribution in [0, 0.1) is 0 Å². The molecule has 0 radical (unpaired) electrons. The number of hydrogen-bond donors (Lipinski definition) is 1. The predicted molar refractivity (Wildman–Crippen MR) is 24.8 cm³/mol. The van der Waals surface area contributed by atoms with Crippen molar-refractivity contribution >= 4 is 7.85 Å². The maximum atomic E-state index is 8.36. The topological polar surface area (TPSA) is 20.2 Å². The molecule has 0 aromatic carbocycles. The Kier molecular flexibility index (Phi) is 2.28. The minimum atomic E-state index is -0.116. The van der Waals surface area contributed by atoms with Crippen LogP contribution < -0.4 is 0 Å². The molecule has 0 fully saturated rings. The van der Waals surface area contributed by atoms with Gasteiger partial charge in [0.2, 0.25) is 0 Å². The molecule has 1 unspecified atom stereocenters. The monoisotopic (exact) mass is 72.1 g/mol. The Labute approximate surface area is 33.4 Å². The summed E-state index contributed by atoms with van der Waals surface area (Å²) in [6.07, 6.45) is 0.861. The van der Waals surface area contributed by atoms with Crippen LogP contribution in [-0.2, 0) is 0 Å². The summed E-state index contributed by atoms with van der Waals surface area (Å²) >= 11 is 0. The Hall–Kier alpha value is 0.0249. The van der Waals surface area contributed by atoms with Crippen molar-refractivity contribution in [2.24, 2.45) is 0 Å². The van der Waals surface area contributed by atoms with Crippen molar-refractivity contribution in [2.75, 3.05) is 0 Å². The van der Waals surface area contributed by atoms with Gasteiger partial charge in [0.1, 0.15) is 7.85 Å². The molecule has 0 aromatic heterocycles. The van der Waals surface area contributed by atoms with Gasteiger partial charge >= 0.3 is 0 Å². The number of hydrogen-bond acceptors (Lipinski definition) is 1. The quantitative estimate of drug-likeness (QED) is 0.408. The standard InChI is InChI=1S/C3H9BO/c1-2-3(4)5/h3,5H,2,4H2,1H3. The van der Waals surface area contributed by atoms with Gasteiger partial charge in [0.25, 0.3) is 0 Å². The molecule has 0 saturated heterocycles. The first kappa shape index (κ1) is 5.02. The van der Waals surface area contributed by atoms with Crippen LogP contribution in [0.25, 0.3) is 0 Å². The summed E-state index contributed by atoms with van der Waals surface area (Å²) in [4.78, 5) is 0. The van der Waals surface area contributed by atoms with Crippen molar-refractivity contribution in [3.8, 4) is 0 Å². The van der Waals surface area contributed by atoms with Crippen LogP contribution in [-0.4, -0.2) is 19.0 Å². The van der Waals surface area contributed by atoms with Gasteiger partial charge in [-0.05, 0) is 6.42 Å². The molecule has 1 atom stereocenters. The lowest BCUT2D eigenvalue weighted by Gasteiger charge is -1.90. The lowest BCUT2D eigenvalue weighted by Crippen LogP contribution is -2.00. The first-order chi connectivity index (χ1) is 2.27. The van der Waals surface area contributed by atoms with Crippen LogP contribution in [0.2, 0.25) is 0 Å². The Balaban J connectivity index is 2.54. The van der Waals surface area contributed by atoms with Gasteiger partial charge in [0, 0.05) is 6.00 Å². The van der Waals surface area contributed by atoms with Crippen molar-refractivity contribution in [3.05, 3.63) is 0 Å². The van der Waals surface area contributed by atoms with E-state index < -0.39 is 0 Å². The van der Waals surface area contributed by atoms with Crippen molar-refractivity contribution in [2.45, 2.75) is 19.3 Å². The Bertz CT molecular complexity index is 20.9. The second-order valence-corrected chi connectivity index (χ2v) is 1.26. The normalized spacial score (nSPS) is 14.8. The highest BCUT2D eigenvalue weighted by Gasteiger charge is 1.82. The Morgan fingerprint density at radius 1 is 2.00 bits per heavy atom. The smallest absolute Gasteiger partial charge is 0.138 e. The summed E-state index contributed by atoms with van der Waals surface area (Å²) in [5.41, 5.74) is 0. The van der Waals surface area contributed by atoms with Gasteiger partial charge < -0.3 is 5.11 Å². The van der Waals surface area contributed by atoms with E-state index in [0.29, 0.717) is 0 Å². The lowest BCUT2D eigenvalue weighted by molar-refractivity contribution is 0.251.